The Morgan fingerprint density at radius 3 is 2.50 bits per heavy atom. The molecule has 0 aliphatic rings. The lowest BCUT2D eigenvalue weighted by Crippen LogP contribution is -2.17. The monoisotopic (exact) mass is 119 g/mol. The summed E-state index contributed by atoms with van der Waals surface area (Å²) in [5, 5.41) is 18.2. The first-order valence-electron chi connectivity index (χ1n) is 2.46. The number of nitro groups is 1. The van der Waals surface area contributed by atoms with E-state index in [0.29, 0.717) is 6.42 Å². The van der Waals surface area contributed by atoms with Gasteiger partial charge in [0, 0.05) is 4.92 Å². The standard InChI is InChI=1S/C4H9NO3/c1-2-4(6)3-5(7)8/h4,6H,2-3H2,1H3. The van der Waals surface area contributed by atoms with Gasteiger partial charge in [-0.05, 0) is 6.42 Å². The minimum Gasteiger partial charge on any atom is -0.386 e. The summed E-state index contributed by atoms with van der Waals surface area (Å²) < 4.78 is 0. The van der Waals surface area contributed by atoms with Gasteiger partial charge in [-0.1, -0.05) is 6.92 Å². The van der Waals surface area contributed by atoms with Crippen LogP contribution in [0.5, 0.6) is 0 Å². The lowest BCUT2D eigenvalue weighted by atomic mass is 10.3. The zero-order valence-corrected chi connectivity index (χ0v) is 4.70. The molecule has 4 heteroatoms. The largest absolute Gasteiger partial charge is 0.386 e. The zero-order valence-electron chi connectivity index (χ0n) is 4.70. The molecule has 8 heavy (non-hydrogen) atoms. The Balaban J connectivity index is 3.24. The van der Waals surface area contributed by atoms with Crippen LogP contribution in [-0.4, -0.2) is 22.7 Å². The van der Waals surface area contributed by atoms with Crippen molar-refractivity contribution >= 4 is 0 Å². The molecule has 1 atom stereocenters. The minimum absolute atomic E-state index is 0.337. The molecule has 0 saturated heterocycles. The van der Waals surface area contributed by atoms with Crippen LogP contribution in [0.1, 0.15) is 13.3 Å². The highest BCUT2D eigenvalue weighted by molar-refractivity contribution is 4.45. The summed E-state index contributed by atoms with van der Waals surface area (Å²) >= 11 is 0. The molecule has 0 aromatic rings. The van der Waals surface area contributed by atoms with E-state index in [1.54, 1.807) is 6.92 Å². The maximum atomic E-state index is 9.61. The fourth-order valence-electron chi connectivity index (χ4n) is 0.301. The van der Waals surface area contributed by atoms with Crippen molar-refractivity contribution in [1.82, 2.24) is 0 Å². The van der Waals surface area contributed by atoms with Crippen molar-refractivity contribution in [3.05, 3.63) is 10.1 Å². The number of aliphatic hydroxyl groups excluding tert-OH is 1. The second kappa shape index (κ2) is 3.37. The first kappa shape index (κ1) is 7.36. The van der Waals surface area contributed by atoms with Crippen LogP contribution in [0.25, 0.3) is 0 Å². The maximum Gasteiger partial charge on any atom is 0.229 e. The average Bonchev–Trinajstić information content (AvgIpc) is 1.65. The minimum atomic E-state index is -0.773. The Hall–Kier alpha value is -0.640. The van der Waals surface area contributed by atoms with E-state index in [9.17, 15) is 10.1 Å². The van der Waals surface area contributed by atoms with E-state index in [-0.39, 0.29) is 6.54 Å². The third-order valence-corrected chi connectivity index (χ3v) is 0.831. The van der Waals surface area contributed by atoms with Crippen molar-refractivity contribution in [3.8, 4) is 0 Å². The Bertz CT molecular complexity index is 83.4. The van der Waals surface area contributed by atoms with Crippen LogP contribution in [0.15, 0.2) is 0 Å². The lowest BCUT2D eigenvalue weighted by Gasteiger charge is -1.97. The summed E-state index contributed by atoms with van der Waals surface area (Å²) in [4.78, 5) is 9.09. The molecule has 0 saturated carbocycles. The third kappa shape index (κ3) is 3.55. The Kier molecular flexibility index (Phi) is 3.10. The Labute approximate surface area is 47.3 Å². The van der Waals surface area contributed by atoms with Gasteiger partial charge >= 0.3 is 0 Å². The number of hydrogen-bond donors (Lipinski definition) is 1. The van der Waals surface area contributed by atoms with E-state index in [4.69, 9.17) is 5.11 Å². The quantitative estimate of drug-likeness (QED) is 0.421. The van der Waals surface area contributed by atoms with Crippen molar-refractivity contribution in [3.63, 3.8) is 0 Å². The zero-order chi connectivity index (χ0) is 6.57. The van der Waals surface area contributed by atoms with Crippen molar-refractivity contribution in [2.24, 2.45) is 0 Å². The summed E-state index contributed by atoms with van der Waals surface area (Å²) in [6.07, 6.45) is -0.328. The van der Waals surface area contributed by atoms with Crippen LogP contribution < -0.4 is 0 Å². The number of rotatable bonds is 3. The normalized spacial score (nSPS) is 13.2. The Morgan fingerprint density at radius 1 is 1.88 bits per heavy atom. The van der Waals surface area contributed by atoms with E-state index in [1.807, 2.05) is 0 Å². The molecular formula is C4H9NO3. The second-order valence-corrected chi connectivity index (χ2v) is 1.58. The van der Waals surface area contributed by atoms with Crippen LogP contribution in [0, 0.1) is 10.1 Å². The van der Waals surface area contributed by atoms with E-state index in [1.165, 1.54) is 0 Å². The predicted molar refractivity (Wildman–Crippen MR) is 28.2 cm³/mol. The molecule has 0 aliphatic heterocycles. The van der Waals surface area contributed by atoms with Crippen LogP contribution in [0.3, 0.4) is 0 Å². The molecule has 0 spiro atoms. The van der Waals surface area contributed by atoms with Gasteiger partial charge in [0.2, 0.25) is 6.54 Å². The molecule has 0 heterocycles. The van der Waals surface area contributed by atoms with Crippen molar-refractivity contribution in [2.45, 2.75) is 19.4 Å². The molecule has 0 rings (SSSR count). The molecule has 0 amide bonds. The van der Waals surface area contributed by atoms with Gasteiger partial charge in [0.05, 0.1) is 0 Å². The van der Waals surface area contributed by atoms with Gasteiger partial charge in [0.25, 0.3) is 0 Å². The van der Waals surface area contributed by atoms with Crippen LogP contribution in [0.4, 0.5) is 0 Å². The molecule has 1 N–H and O–H groups in total. The molecule has 0 aromatic heterocycles. The van der Waals surface area contributed by atoms with E-state index in [0.717, 1.165) is 0 Å². The van der Waals surface area contributed by atoms with E-state index >= 15 is 0 Å². The van der Waals surface area contributed by atoms with Gasteiger partial charge in [-0.2, -0.15) is 0 Å². The number of aliphatic hydroxyl groups is 1. The summed E-state index contributed by atoms with van der Waals surface area (Å²) in [5.41, 5.74) is 0. The molecule has 1 unspecified atom stereocenters. The van der Waals surface area contributed by atoms with Gasteiger partial charge in [0.15, 0.2) is 0 Å². The molecule has 0 radical (unpaired) electrons. The third-order valence-electron chi connectivity index (χ3n) is 0.831. The highest BCUT2D eigenvalue weighted by Gasteiger charge is 2.06. The predicted octanol–water partition coefficient (Wildman–Crippen LogP) is 0.0340. The van der Waals surface area contributed by atoms with Gasteiger partial charge in [-0.15, -0.1) is 0 Å². The number of nitrogens with zero attached hydrogens (tertiary/aromatic N) is 1. The highest BCUT2D eigenvalue weighted by atomic mass is 16.6. The maximum absolute atomic E-state index is 9.61. The smallest absolute Gasteiger partial charge is 0.229 e. The average molecular weight is 119 g/mol. The molecule has 0 fully saturated rings. The summed E-state index contributed by atoms with van der Waals surface area (Å²) in [6.45, 7) is 1.37. The fourth-order valence-corrected chi connectivity index (χ4v) is 0.301. The first-order valence-corrected chi connectivity index (χ1v) is 2.46. The second-order valence-electron chi connectivity index (χ2n) is 1.58. The van der Waals surface area contributed by atoms with Gasteiger partial charge < -0.3 is 5.11 Å². The van der Waals surface area contributed by atoms with Crippen LogP contribution in [0.2, 0.25) is 0 Å². The summed E-state index contributed by atoms with van der Waals surface area (Å²) in [5.74, 6) is 0. The molecule has 48 valence electrons. The molecular weight excluding hydrogens is 110 g/mol. The first-order chi connectivity index (χ1) is 3.66. The van der Waals surface area contributed by atoms with Crippen molar-refractivity contribution in [2.75, 3.05) is 6.54 Å². The van der Waals surface area contributed by atoms with Crippen LogP contribution >= 0.6 is 0 Å². The summed E-state index contributed by atoms with van der Waals surface area (Å²) in [7, 11) is 0. The van der Waals surface area contributed by atoms with Crippen molar-refractivity contribution < 1.29 is 10.0 Å². The molecule has 4 nitrogen and oxygen atoms in total. The van der Waals surface area contributed by atoms with Crippen molar-refractivity contribution in [1.29, 1.82) is 0 Å². The topological polar surface area (TPSA) is 63.4 Å². The summed E-state index contributed by atoms with van der Waals surface area (Å²) in [6, 6.07) is 0. The fraction of sp³-hybridized carbons (Fsp3) is 1.00. The van der Waals surface area contributed by atoms with Gasteiger partial charge in [0.1, 0.15) is 6.10 Å². The number of hydrogen-bond acceptors (Lipinski definition) is 3. The molecule has 0 aliphatic carbocycles. The van der Waals surface area contributed by atoms with Gasteiger partial charge in [-0.25, -0.2) is 0 Å². The van der Waals surface area contributed by atoms with E-state index < -0.39 is 11.0 Å². The van der Waals surface area contributed by atoms with E-state index in [2.05, 4.69) is 0 Å². The van der Waals surface area contributed by atoms with Crippen LogP contribution in [-0.2, 0) is 0 Å². The molecule has 0 aromatic carbocycles. The lowest BCUT2D eigenvalue weighted by molar-refractivity contribution is -0.490. The molecule has 0 bridgehead atoms. The highest BCUT2D eigenvalue weighted by Crippen LogP contribution is 1.87. The SMILES string of the molecule is CCC(O)C[N+](=O)[O-]. The van der Waals surface area contributed by atoms with Gasteiger partial charge in [-0.3, -0.25) is 10.1 Å². The Morgan fingerprint density at radius 2 is 2.38 bits per heavy atom.